The predicted molar refractivity (Wildman–Crippen MR) is 112 cm³/mol. The number of amides is 2. The molecule has 0 saturated carbocycles. The van der Waals surface area contributed by atoms with Gasteiger partial charge in [-0.3, -0.25) is 14.5 Å². The predicted octanol–water partition coefficient (Wildman–Crippen LogP) is 4.74. The van der Waals surface area contributed by atoms with E-state index >= 15 is 0 Å². The quantitative estimate of drug-likeness (QED) is 0.563. The Balaban J connectivity index is 1.86. The van der Waals surface area contributed by atoms with Gasteiger partial charge in [-0.1, -0.05) is 61.0 Å². The molecule has 1 N–H and O–H groups in total. The first kappa shape index (κ1) is 19.5. The van der Waals surface area contributed by atoms with Gasteiger partial charge in [0.1, 0.15) is 6.54 Å². The van der Waals surface area contributed by atoms with Gasteiger partial charge in [-0.15, -0.1) is 0 Å². The molecule has 1 aliphatic heterocycles. The molecular formula is C21H21ClN2O2S. The molecule has 1 heterocycles. The van der Waals surface area contributed by atoms with E-state index in [4.69, 9.17) is 11.6 Å². The number of rotatable bonds is 6. The molecule has 0 bridgehead atoms. The van der Waals surface area contributed by atoms with E-state index in [0.29, 0.717) is 16.5 Å². The van der Waals surface area contributed by atoms with Crippen LogP contribution in [0.25, 0.3) is 6.08 Å². The summed E-state index contributed by atoms with van der Waals surface area (Å²) in [6.45, 7) is 2.71. The molecule has 2 amide bonds. The maximum atomic E-state index is 13.1. The van der Waals surface area contributed by atoms with Gasteiger partial charge < -0.3 is 5.32 Å². The van der Waals surface area contributed by atoms with Crippen molar-refractivity contribution in [1.82, 2.24) is 5.32 Å². The molecule has 1 aliphatic rings. The van der Waals surface area contributed by atoms with E-state index in [1.807, 2.05) is 42.5 Å². The van der Waals surface area contributed by atoms with Crippen LogP contribution in [0, 0.1) is 0 Å². The Morgan fingerprint density at radius 3 is 2.67 bits per heavy atom. The number of para-hydroxylation sites is 1. The van der Waals surface area contributed by atoms with Gasteiger partial charge in [0.05, 0.1) is 10.6 Å². The molecule has 0 atom stereocenters. The third-order valence-corrected chi connectivity index (χ3v) is 5.48. The normalized spacial score (nSPS) is 15.0. The fourth-order valence-electron chi connectivity index (χ4n) is 2.73. The number of carbonyl (C=O) groups excluding carboxylic acids is 2. The second-order valence-electron chi connectivity index (χ2n) is 6.22. The Bertz CT molecular complexity index is 865. The molecule has 2 aromatic carbocycles. The van der Waals surface area contributed by atoms with Crippen molar-refractivity contribution in [2.24, 2.45) is 0 Å². The van der Waals surface area contributed by atoms with Gasteiger partial charge in [0.25, 0.3) is 5.91 Å². The molecule has 4 nitrogen and oxygen atoms in total. The van der Waals surface area contributed by atoms with Crippen LogP contribution in [0.15, 0.2) is 58.3 Å². The lowest BCUT2D eigenvalue weighted by molar-refractivity contribution is -0.122. The first-order valence-electron chi connectivity index (χ1n) is 8.91. The summed E-state index contributed by atoms with van der Waals surface area (Å²) in [5, 5.41) is 3.53. The van der Waals surface area contributed by atoms with Crippen LogP contribution in [-0.4, -0.2) is 24.9 Å². The van der Waals surface area contributed by atoms with Crippen LogP contribution in [0.2, 0.25) is 5.02 Å². The van der Waals surface area contributed by atoms with Crippen LogP contribution in [0.5, 0.6) is 0 Å². The highest BCUT2D eigenvalue weighted by molar-refractivity contribution is 8.04. The Labute approximate surface area is 168 Å². The van der Waals surface area contributed by atoms with Crippen molar-refractivity contribution in [2.75, 3.05) is 18.0 Å². The molecule has 6 heteroatoms. The van der Waals surface area contributed by atoms with E-state index < -0.39 is 0 Å². The number of carbonyl (C=O) groups is 2. The lowest BCUT2D eigenvalue weighted by Gasteiger charge is -2.29. The number of benzene rings is 2. The highest BCUT2D eigenvalue weighted by Crippen LogP contribution is 2.41. The van der Waals surface area contributed by atoms with Gasteiger partial charge in [0.2, 0.25) is 5.91 Å². The molecular weight excluding hydrogens is 380 g/mol. The van der Waals surface area contributed by atoms with Gasteiger partial charge >= 0.3 is 0 Å². The van der Waals surface area contributed by atoms with Crippen LogP contribution in [0.3, 0.4) is 0 Å². The molecule has 0 aromatic heterocycles. The van der Waals surface area contributed by atoms with Gasteiger partial charge in [0.15, 0.2) is 0 Å². The number of unbranched alkanes of at least 4 members (excludes halogenated alkanes) is 1. The molecule has 2 aromatic rings. The van der Waals surface area contributed by atoms with E-state index in [2.05, 4.69) is 12.2 Å². The number of thioether (sulfide) groups is 1. The van der Waals surface area contributed by atoms with E-state index in [1.54, 1.807) is 17.0 Å². The van der Waals surface area contributed by atoms with E-state index in [0.717, 1.165) is 29.0 Å². The van der Waals surface area contributed by atoms with Crippen molar-refractivity contribution in [3.8, 4) is 0 Å². The lowest BCUT2D eigenvalue weighted by atomic mass is 10.2. The molecule has 27 heavy (non-hydrogen) atoms. The van der Waals surface area contributed by atoms with Crippen LogP contribution in [-0.2, 0) is 9.59 Å². The van der Waals surface area contributed by atoms with Crippen molar-refractivity contribution in [1.29, 1.82) is 0 Å². The van der Waals surface area contributed by atoms with Gasteiger partial charge in [-0.25, -0.2) is 0 Å². The van der Waals surface area contributed by atoms with E-state index in [1.165, 1.54) is 11.8 Å². The largest absolute Gasteiger partial charge is 0.355 e. The lowest BCUT2D eigenvalue weighted by Crippen LogP contribution is -2.42. The van der Waals surface area contributed by atoms with Crippen molar-refractivity contribution in [2.45, 2.75) is 24.7 Å². The number of nitrogens with zero attached hydrogens (tertiary/aromatic N) is 1. The number of nitrogens with one attached hydrogen (secondary N) is 1. The maximum Gasteiger partial charge on any atom is 0.265 e. The van der Waals surface area contributed by atoms with E-state index in [-0.39, 0.29) is 18.4 Å². The zero-order chi connectivity index (χ0) is 19.2. The highest BCUT2D eigenvalue weighted by atomic mass is 35.5. The number of anilines is 1. The number of hydrogen-bond acceptors (Lipinski definition) is 3. The second kappa shape index (κ2) is 9.11. The standard InChI is InChI=1S/C21H21ClN2O2S/c1-2-3-12-23-20(25)14-24-17-6-4-5-7-18(17)27-19(21(24)26)13-15-8-10-16(22)11-9-15/h4-11,13H,2-3,12,14H2,1H3,(H,23,25)/b19-13-. The summed E-state index contributed by atoms with van der Waals surface area (Å²) in [4.78, 5) is 28.4. The SMILES string of the molecule is CCCCNC(=O)CN1C(=O)/C(=C/c2ccc(Cl)cc2)Sc2ccccc21. The first-order valence-corrected chi connectivity index (χ1v) is 10.1. The van der Waals surface area contributed by atoms with Crippen LogP contribution < -0.4 is 10.2 Å². The fraction of sp³-hybridized carbons (Fsp3) is 0.238. The average Bonchev–Trinajstić information content (AvgIpc) is 2.67. The summed E-state index contributed by atoms with van der Waals surface area (Å²) >= 11 is 7.36. The molecule has 0 spiro atoms. The molecule has 3 rings (SSSR count). The molecule has 0 unspecified atom stereocenters. The summed E-state index contributed by atoms with van der Waals surface area (Å²) in [5.74, 6) is -0.316. The van der Waals surface area contributed by atoms with Crippen LogP contribution >= 0.6 is 23.4 Å². The Hall–Kier alpha value is -2.24. The summed E-state index contributed by atoms with van der Waals surface area (Å²) in [6, 6.07) is 15.0. The van der Waals surface area contributed by atoms with E-state index in [9.17, 15) is 9.59 Å². The third-order valence-electron chi connectivity index (χ3n) is 4.15. The Morgan fingerprint density at radius 1 is 1.19 bits per heavy atom. The zero-order valence-corrected chi connectivity index (χ0v) is 16.6. The van der Waals surface area contributed by atoms with Crippen molar-refractivity contribution >= 4 is 46.9 Å². The minimum Gasteiger partial charge on any atom is -0.355 e. The topological polar surface area (TPSA) is 49.4 Å². The second-order valence-corrected chi connectivity index (χ2v) is 7.74. The minimum absolute atomic E-state index is 0.0120. The van der Waals surface area contributed by atoms with Crippen LogP contribution in [0.4, 0.5) is 5.69 Å². The summed E-state index contributed by atoms with van der Waals surface area (Å²) < 4.78 is 0. The van der Waals surface area contributed by atoms with Gasteiger partial charge in [0, 0.05) is 16.5 Å². The summed E-state index contributed by atoms with van der Waals surface area (Å²) in [7, 11) is 0. The smallest absolute Gasteiger partial charge is 0.265 e. The van der Waals surface area contributed by atoms with Gasteiger partial charge in [-0.2, -0.15) is 0 Å². The molecule has 0 fully saturated rings. The average molecular weight is 401 g/mol. The highest BCUT2D eigenvalue weighted by Gasteiger charge is 2.30. The zero-order valence-electron chi connectivity index (χ0n) is 15.1. The van der Waals surface area contributed by atoms with Crippen molar-refractivity contribution in [3.63, 3.8) is 0 Å². The molecule has 0 aliphatic carbocycles. The fourth-order valence-corrected chi connectivity index (χ4v) is 3.92. The Morgan fingerprint density at radius 2 is 1.93 bits per heavy atom. The third kappa shape index (κ3) is 4.93. The number of hydrogen-bond donors (Lipinski definition) is 1. The van der Waals surface area contributed by atoms with Crippen molar-refractivity contribution in [3.05, 3.63) is 64.0 Å². The Kier molecular flexibility index (Phi) is 6.58. The van der Waals surface area contributed by atoms with Crippen molar-refractivity contribution < 1.29 is 9.59 Å². The monoisotopic (exact) mass is 400 g/mol. The number of fused-ring (bicyclic) bond motifs is 1. The van der Waals surface area contributed by atoms with Crippen LogP contribution in [0.1, 0.15) is 25.3 Å². The molecule has 0 radical (unpaired) electrons. The summed E-state index contributed by atoms with van der Waals surface area (Å²) in [5.41, 5.74) is 1.66. The maximum absolute atomic E-state index is 13.1. The van der Waals surface area contributed by atoms with Gasteiger partial charge in [-0.05, 0) is 42.3 Å². The minimum atomic E-state index is -0.167. The molecule has 0 saturated heterocycles. The summed E-state index contributed by atoms with van der Waals surface area (Å²) in [6.07, 6.45) is 3.77. The molecule has 140 valence electrons. The number of halogens is 1. The first-order chi connectivity index (χ1) is 13.1.